The van der Waals surface area contributed by atoms with Gasteiger partial charge in [0.2, 0.25) is 5.91 Å². The maximum atomic E-state index is 12.7. The van der Waals surface area contributed by atoms with Crippen molar-refractivity contribution in [1.82, 2.24) is 13.6 Å². The van der Waals surface area contributed by atoms with E-state index < -0.39 is 0 Å². The number of aromatic nitrogens is 2. The lowest BCUT2D eigenvalue weighted by Crippen LogP contribution is -2.48. The van der Waals surface area contributed by atoms with E-state index in [0.717, 1.165) is 35.9 Å². The summed E-state index contributed by atoms with van der Waals surface area (Å²) in [5, 5.41) is 0. The molecule has 1 aliphatic rings. The number of fused-ring (bicyclic) bond motifs is 1. The Balaban J connectivity index is 1.72. The molecular weight excluding hydrogens is 286 g/mol. The molecule has 0 spiro atoms. The molecular formula is C15H19N3O2S. The molecule has 1 amide bonds. The number of benzene rings is 1. The van der Waals surface area contributed by atoms with Crippen molar-refractivity contribution >= 4 is 28.7 Å². The molecule has 0 unspecified atom stereocenters. The van der Waals surface area contributed by atoms with Crippen LogP contribution in [0.15, 0.2) is 18.2 Å². The molecule has 0 saturated heterocycles. The van der Waals surface area contributed by atoms with Crippen LogP contribution in [0.4, 0.5) is 0 Å². The highest BCUT2D eigenvalue weighted by Crippen LogP contribution is 2.42. The summed E-state index contributed by atoms with van der Waals surface area (Å²) < 4.78 is 13.7. The van der Waals surface area contributed by atoms with E-state index in [1.807, 2.05) is 25.2 Å². The molecule has 1 fully saturated rings. The number of amides is 1. The maximum absolute atomic E-state index is 12.7. The molecule has 0 aliphatic heterocycles. The summed E-state index contributed by atoms with van der Waals surface area (Å²) in [5.74, 6) is 0.187. The van der Waals surface area contributed by atoms with Gasteiger partial charge in [0, 0.05) is 20.7 Å². The summed E-state index contributed by atoms with van der Waals surface area (Å²) in [5.41, 5.74) is 2.59. The van der Waals surface area contributed by atoms with Gasteiger partial charge in [0.05, 0.1) is 23.8 Å². The van der Waals surface area contributed by atoms with Gasteiger partial charge in [-0.05, 0) is 30.5 Å². The first-order valence-electron chi connectivity index (χ1n) is 7.10. The van der Waals surface area contributed by atoms with E-state index in [1.54, 1.807) is 12.0 Å². The van der Waals surface area contributed by atoms with Crippen molar-refractivity contribution in [2.75, 3.05) is 20.8 Å². The lowest BCUT2D eigenvalue weighted by atomic mass is 9.68. The highest BCUT2D eigenvalue weighted by molar-refractivity contribution is 7.00. The van der Waals surface area contributed by atoms with Gasteiger partial charge in [0.15, 0.2) is 0 Å². The predicted molar refractivity (Wildman–Crippen MR) is 82.0 cm³/mol. The number of ether oxygens (including phenoxy) is 1. The Labute approximate surface area is 128 Å². The number of carbonyl (C=O) groups excluding carboxylic acids is 1. The van der Waals surface area contributed by atoms with Crippen LogP contribution in [0.25, 0.3) is 11.0 Å². The van der Waals surface area contributed by atoms with Crippen LogP contribution in [0.5, 0.6) is 0 Å². The number of hydrogen-bond acceptors (Lipinski definition) is 5. The highest BCUT2D eigenvalue weighted by atomic mass is 32.1. The fourth-order valence-electron chi connectivity index (χ4n) is 2.98. The fourth-order valence-corrected chi connectivity index (χ4v) is 3.49. The fraction of sp³-hybridized carbons (Fsp3) is 0.533. The zero-order valence-electron chi connectivity index (χ0n) is 12.3. The van der Waals surface area contributed by atoms with E-state index in [4.69, 9.17) is 4.74 Å². The largest absolute Gasteiger partial charge is 0.384 e. The number of hydrogen-bond donors (Lipinski definition) is 0. The number of rotatable bonds is 5. The van der Waals surface area contributed by atoms with E-state index in [-0.39, 0.29) is 11.3 Å². The van der Waals surface area contributed by atoms with Crippen LogP contribution in [0.3, 0.4) is 0 Å². The molecule has 0 N–H and O–H groups in total. The van der Waals surface area contributed by atoms with Crippen molar-refractivity contribution < 1.29 is 9.53 Å². The van der Waals surface area contributed by atoms with Crippen LogP contribution in [-0.2, 0) is 16.1 Å². The Hall–Kier alpha value is -1.53. The van der Waals surface area contributed by atoms with Crippen molar-refractivity contribution in [3.63, 3.8) is 0 Å². The first-order valence-corrected chi connectivity index (χ1v) is 7.83. The lowest BCUT2D eigenvalue weighted by molar-refractivity contribution is -0.151. The molecule has 1 aromatic heterocycles. The van der Waals surface area contributed by atoms with Gasteiger partial charge in [-0.25, -0.2) is 0 Å². The van der Waals surface area contributed by atoms with Crippen molar-refractivity contribution in [2.45, 2.75) is 25.8 Å². The van der Waals surface area contributed by atoms with Gasteiger partial charge in [-0.1, -0.05) is 12.5 Å². The Kier molecular flexibility index (Phi) is 3.91. The number of nitrogens with zero attached hydrogens (tertiary/aromatic N) is 3. The predicted octanol–water partition coefficient (Wildman–Crippen LogP) is 2.47. The van der Waals surface area contributed by atoms with Crippen molar-refractivity contribution in [2.24, 2.45) is 5.41 Å². The Morgan fingerprint density at radius 3 is 2.81 bits per heavy atom. The number of methoxy groups -OCH3 is 1. The highest BCUT2D eigenvalue weighted by Gasteiger charge is 2.45. The summed E-state index contributed by atoms with van der Waals surface area (Å²) in [6.45, 7) is 1.11. The zero-order chi connectivity index (χ0) is 14.9. The van der Waals surface area contributed by atoms with Crippen LogP contribution in [-0.4, -0.2) is 40.3 Å². The molecule has 6 heteroatoms. The zero-order valence-corrected chi connectivity index (χ0v) is 13.2. The third kappa shape index (κ3) is 2.65. The second-order valence-electron chi connectivity index (χ2n) is 5.82. The van der Waals surface area contributed by atoms with Gasteiger partial charge < -0.3 is 9.64 Å². The molecule has 1 saturated carbocycles. The summed E-state index contributed by atoms with van der Waals surface area (Å²) in [6.07, 6.45) is 2.97. The smallest absolute Gasteiger partial charge is 0.231 e. The average Bonchev–Trinajstić information content (AvgIpc) is 2.89. The molecule has 112 valence electrons. The van der Waals surface area contributed by atoms with Gasteiger partial charge in [0.1, 0.15) is 11.0 Å². The third-order valence-electron chi connectivity index (χ3n) is 4.27. The van der Waals surface area contributed by atoms with Gasteiger partial charge in [-0.15, -0.1) is 0 Å². The minimum Gasteiger partial charge on any atom is -0.384 e. The molecule has 0 radical (unpaired) electrons. The topological polar surface area (TPSA) is 55.3 Å². The number of carbonyl (C=O) groups is 1. The molecule has 0 bridgehead atoms. The normalized spacial score (nSPS) is 16.7. The molecule has 1 aliphatic carbocycles. The van der Waals surface area contributed by atoms with Crippen molar-refractivity contribution in [3.8, 4) is 0 Å². The molecule has 1 heterocycles. The first-order chi connectivity index (χ1) is 10.1. The summed E-state index contributed by atoms with van der Waals surface area (Å²) >= 11 is 1.21. The molecule has 0 atom stereocenters. The summed E-state index contributed by atoms with van der Waals surface area (Å²) in [7, 11) is 3.53. The molecule has 1 aromatic carbocycles. The molecule has 21 heavy (non-hydrogen) atoms. The van der Waals surface area contributed by atoms with E-state index in [9.17, 15) is 4.79 Å². The van der Waals surface area contributed by atoms with Crippen LogP contribution >= 0.6 is 11.7 Å². The average molecular weight is 305 g/mol. The van der Waals surface area contributed by atoms with Crippen LogP contribution in [0, 0.1) is 5.41 Å². The summed E-state index contributed by atoms with van der Waals surface area (Å²) in [6, 6.07) is 5.98. The first kappa shape index (κ1) is 14.4. The maximum Gasteiger partial charge on any atom is 0.231 e. The molecule has 2 aromatic rings. The van der Waals surface area contributed by atoms with E-state index in [0.29, 0.717) is 13.2 Å². The molecule has 5 nitrogen and oxygen atoms in total. The van der Waals surface area contributed by atoms with Crippen LogP contribution in [0.1, 0.15) is 24.8 Å². The summed E-state index contributed by atoms with van der Waals surface area (Å²) in [4.78, 5) is 14.5. The van der Waals surface area contributed by atoms with Crippen molar-refractivity contribution in [3.05, 3.63) is 23.8 Å². The third-order valence-corrected chi connectivity index (χ3v) is 4.83. The van der Waals surface area contributed by atoms with Crippen molar-refractivity contribution in [1.29, 1.82) is 0 Å². The van der Waals surface area contributed by atoms with Gasteiger partial charge in [-0.2, -0.15) is 8.75 Å². The second-order valence-corrected chi connectivity index (χ2v) is 6.34. The van der Waals surface area contributed by atoms with Gasteiger partial charge >= 0.3 is 0 Å². The van der Waals surface area contributed by atoms with Gasteiger partial charge in [-0.3, -0.25) is 4.79 Å². The standard InChI is InChI=1S/C15H19N3O2S/c1-18(14(19)15(10-20-2)6-3-7-15)9-11-4-5-12-13(8-11)17-21-16-12/h4-5,8H,3,6-7,9-10H2,1-2H3. The Bertz CT molecular complexity index is 651. The minimum absolute atomic E-state index is 0.187. The Morgan fingerprint density at radius 1 is 1.38 bits per heavy atom. The second kappa shape index (κ2) is 5.69. The van der Waals surface area contributed by atoms with E-state index in [1.165, 1.54) is 11.7 Å². The molecule has 3 rings (SSSR count). The lowest BCUT2D eigenvalue weighted by Gasteiger charge is -2.42. The Morgan fingerprint density at radius 2 is 2.14 bits per heavy atom. The minimum atomic E-state index is -0.296. The van der Waals surface area contributed by atoms with E-state index >= 15 is 0 Å². The quantitative estimate of drug-likeness (QED) is 0.851. The monoisotopic (exact) mass is 305 g/mol. The van der Waals surface area contributed by atoms with Crippen LogP contribution < -0.4 is 0 Å². The van der Waals surface area contributed by atoms with Gasteiger partial charge in [0.25, 0.3) is 0 Å². The van der Waals surface area contributed by atoms with Crippen LogP contribution in [0.2, 0.25) is 0 Å². The van der Waals surface area contributed by atoms with E-state index in [2.05, 4.69) is 8.75 Å². The SMILES string of the molecule is COCC1(C(=O)N(C)Cc2ccc3nsnc3c2)CCC1.